The Labute approximate surface area is 104 Å². The van der Waals surface area contributed by atoms with Crippen molar-refractivity contribution in [3.63, 3.8) is 0 Å². The first-order valence-electron chi connectivity index (χ1n) is 5.95. The van der Waals surface area contributed by atoms with Gasteiger partial charge in [0.1, 0.15) is 0 Å². The topological polar surface area (TPSA) is 21.3 Å². The molecule has 100 valence electrons. The third-order valence-electron chi connectivity index (χ3n) is 3.25. The van der Waals surface area contributed by atoms with E-state index in [1.807, 2.05) is 0 Å². The van der Waals surface area contributed by atoms with Crippen LogP contribution >= 0.6 is 0 Å². The highest BCUT2D eigenvalue weighted by Crippen LogP contribution is 2.38. The van der Waals surface area contributed by atoms with Gasteiger partial charge in [-0.1, -0.05) is 0 Å². The summed E-state index contributed by atoms with van der Waals surface area (Å²) in [4.78, 5) is 0. The summed E-state index contributed by atoms with van der Waals surface area (Å²) < 4.78 is 44.0. The minimum absolute atomic E-state index is 0.0314. The number of ether oxygens (including phenoxy) is 1. The Hall–Kier alpha value is -1.39. The lowest BCUT2D eigenvalue weighted by atomic mass is 10.1. The molecule has 1 N–H and O–H groups in total. The predicted molar refractivity (Wildman–Crippen MR) is 63.7 cm³/mol. The van der Waals surface area contributed by atoms with E-state index < -0.39 is 11.7 Å². The van der Waals surface area contributed by atoms with Crippen molar-refractivity contribution in [1.29, 1.82) is 0 Å². The van der Waals surface area contributed by atoms with E-state index in [4.69, 9.17) is 4.74 Å². The van der Waals surface area contributed by atoms with Crippen LogP contribution in [-0.2, 0) is 0 Å². The van der Waals surface area contributed by atoms with Gasteiger partial charge in [-0.05, 0) is 24.5 Å². The van der Waals surface area contributed by atoms with Gasteiger partial charge < -0.3 is 10.1 Å². The number of hydrogen-bond acceptors (Lipinski definition) is 2. The van der Waals surface area contributed by atoms with Crippen molar-refractivity contribution in [2.45, 2.75) is 25.2 Å². The number of rotatable bonds is 4. The summed E-state index contributed by atoms with van der Waals surface area (Å²) in [6.45, 7) is 0.477. The van der Waals surface area contributed by atoms with Crippen molar-refractivity contribution in [3.05, 3.63) is 24.0 Å². The van der Waals surface area contributed by atoms with Gasteiger partial charge in [0.25, 0.3) is 0 Å². The van der Waals surface area contributed by atoms with E-state index in [1.54, 1.807) is 6.07 Å². The summed E-state index contributed by atoms with van der Waals surface area (Å²) in [5, 5.41) is 3.05. The monoisotopic (exact) mass is 259 g/mol. The third kappa shape index (κ3) is 3.09. The first-order valence-corrected chi connectivity index (χ1v) is 5.95. The van der Waals surface area contributed by atoms with Gasteiger partial charge in [0.05, 0.1) is 7.11 Å². The van der Waals surface area contributed by atoms with Crippen LogP contribution in [0.3, 0.4) is 0 Å². The molecule has 0 amide bonds. The number of halogens is 3. The standard InChI is InChI=1S/C13H16F3NO/c1-18-12-6-10(2-3-11(12)14)17-8-9-4-5-13(15,16)7-9/h2-3,6,9,17H,4-5,7-8H2,1H3. The first kappa shape index (κ1) is 13.1. The average Bonchev–Trinajstić information content (AvgIpc) is 2.68. The molecule has 0 aliphatic heterocycles. The summed E-state index contributed by atoms with van der Waals surface area (Å²) in [6, 6.07) is 4.40. The van der Waals surface area contributed by atoms with Gasteiger partial charge in [-0.25, -0.2) is 13.2 Å². The Morgan fingerprint density at radius 1 is 1.44 bits per heavy atom. The molecule has 0 bridgehead atoms. The maximum absolute atomic E-state index is 13.2. The molecule has 2 nitrogen and oxygen atoms in total. The van der Waals surface area contributed by atoms with E-state index >= 15 is 0 Å². The molecule has 1 aliphatic rings. The number of anilines is 1. The van der Waals surface area contributed by atoms with Gasteiger partial charge in [0.2, 0.25) is 5.92 Å². The number of benzene rings is 1. The van der Waals surface area contributed by atoms with Gasteiger partial charge in [-0.3, -0.25) is 0 Å². The van der Waals surface area contributed by atoms with Gasteiger partial charge in [0, 0.05) is 31.1 Å². The van der Waals surface area contributed by atoms with E-state index in [9.17, 15) is 13.2 Å². The summed E-state index contributed by atoms with van der Waals surface area (Å²) >= 11 is 0. The van der Waals surface area contributed by atoms with Crippen molar-refractivity contribution in [2.75, 3.05) is 19.0 Å². The van der Waals surface area contributed by atoms with E-state index in [2.05, 4.69) is 5.32 Å². The molecular formula is C13H16F3NO. The van der Waals surface area contributed by atoms with Crippen molar-refractivity contribution in [3.8, 4) is 5.75 Å². The third-order valence-corrected chi connectivity index (χ3v) is 3.25. The lowest BCUT2D eigenvalue weighted by Gasteiger charge is -2.13. The second kappa shape index (κ2) is 5.08. The van der Waals surface area contributed by atoms with Crippen molar-refractivity contribution in [2.24, 2.45) is 5.92 Å². The molecule has 1 unspecified atom stereocenters. The van der Waals surface area contributed by atoms with Crippen LogP contribution in [0, 0.1) is 11.7 Å². The molecule has 0 heterocycles. The Morgan fingerprint density at radius 2 is 2.22 bits per heavy atom. The lowest BCUT2D eigenvalue weighted by Crippen LogP contribution is -2.15. The normalized spacial score (nSPS) is 21.9. The highest BCUT2D eigenvalue weighted by atomic mass is 19.3. The Balaban J connectivity index is 1.91. The summed E-state index contributed by atoms with van der Waals surface area (Å²) in [5.74, 6) is -2.84. The molecule has 1 aromatic rings. The molecule has 1 saturated carbocycles. The number of hydrogen-bond donors (Lipinski definition) is 1. The van der Waals surface area contributed by atoms with Gasteiger partial charge in [-0.2, -0.15) is 0 Å². The minimum atomic E-state index is -2.52. The quantitative estimate of drug-likeness (QED) is 0.890. The van der Waals surface area contributed by atoms with E-state index in [0.29, 0.717) is 18.7 Å². The Bertz CT molecular complexity index is 423. The molecule has 2 rings (SSSR count). The van der Waals surface area contributed by atoms with Crippen molar-refractivity contribution in [1.82, 2.24) is 0 Å². The zero-order valence-electron chi connectivity index (χ0n) is 10.2. The molecule has 1 fully saturated rings. The smallest absolute Gasteiger partial charge is 0.248 e. The van der Waals surface area contributed by atoms with Crippen molar-refractivity contribution < 1.29 is 17.9 Å². The van der Waals surface area contributed by atoms with Crippen LogP contribution in [-0.4, -0.2) is 19.6 Å². The van der Waals surface area contributed by atoms with Crippen LogP contribution in [0.4, 0.5) is 18.9 Å². The fourth-order valence-electron chi connectivity index (χ4n) is 2.25. The lowest BCUT2D eigenvalue weighted by molar-refractivity contribution is 0.00556. The van der Waals surface area contributed by atoms with Crippen LogP contribution < -0.4 is 10.1 Å². The molecule has 0 saturated heterocycles. The molecule has 1 aromatic carbocycles. The van der Waals surface area contributed by atoms with Gasteiger partial charge in [-0.15, -0.1) is 0 Å². The molecule has 1 atom stereocenters. The molecular weight excluding hydrogens is 243 g/mol. The summed E-state index contributed by atoms with van der Waals surface area (Å²) in [5.41, 5.74) is 0.684. The number of alkyl halides is 2. The Kier molecular flexibility index (Phi) is 3.68. The zero-order valence-corrected chi connectivity index (χ0v) is 10.2. The minimum Gasteiger partial charge on any atom is -0.494 e. The van der Waals surface area contributed by atoms with Gasteiger partial charge in [0.15, 0.2) is 11.6 Å². The van der Waals surface area contributed by atoms with E-state index in [0.717, 1.165) is 0 Å². The Morgan fingerprint density at radius 3 is 2.83 bits per heavy atom. The molecule has 18 heavy (non-hydrogen) atoms. The van der Waals surface area contributed by atoms with Crippen LogP contribution in [0.1, 0.15) is 19.3 Å². The van der Waals surface area contributed by atoms with Crippen LogP contribution in [0.25, 0.3) is 0 Å². The van der Waals surface area contributed by atoms with Crippen LogP contribution in [0.15, 0.2) is 18.2 Å². The molecule has 5 heteroatoms. The average molecular weight is 259 g/mol. The summed E-state index contributed by atoms with van der Waals surface area (Å²) in [7, 11) is 1.39. The van der Waals surface area contributed by atoms with E-state index in [-0.39, 0.29) is 24.5 Å². The molecule has 0 spiro atoms. The van der Waals surface area contributed by atoms with Crippen molar-refractivity contribution >= 4 is 5.69 Å². The molecule has 1 aliphatic carbocycles. The first-order chi connectivity index (χ1) is 8.50. The maximum Gasteiger partial charge on any atom is 0.248 e. The second-order valence-corrected chi connectivity index (χ2v) is 4.70. The molecule has 0 aromatic heterocycles. The highest BCUT2D eigenvalue weighted by molar-refractivity contribution is 5.48. The van der Waals surface area contributed by atoms with Gasteiger partial charge >= 0.3 is 0 Å². The molecule has 0 radical (unpaired) electrons. The largest absolute Gasteiger partial charge is 0.494 e. The maximum atomic E-state index is 13.2. The highest BCUT2D eigenvalue weighted by Gasteiger charge is 2.39. The van der Waals surface area contributed by atoms with Crippen LogP contribution in [0.2, 0.25) is 0 Å². The zero-order chi connectivity index (χ0) is 13.2. The predicted octanol–water partition coefficient (Wildman–Crippen LogP) is 3.68. The SMILES string of the molecule is COc1cc(NCC2CCC(F)(F)C2)ccc1F. The summed E-state index contributed by atoms with van der Waals surface area (Å²) in [6.07, 6.45) is 0.419. The van der Waals surface area contributed by atoms with E-state index in [1.165, 1.54) is 19.2 Å². The fourth-order valence-corrected chi connectivity index (χ4v) is 2.25. The number of nitrogens with one attached hydrogen (secondary N) is 1. The van der Waals surface area contributed by atoms with Crippen LogP contribution in [0.5, 0.6) is 5.75 Å². The fraction of sp³-hybridized carbons (Fsp3) is 0.538. The second-order valence-electron chi connectivity index (χ2n) is 4.70. The number of methoxy groups -OCH3 is 1.